The first kappa shape index (κ1) is 48.9. The first-order valence-electron chi connectivity index (χ1n) is 25.3. The van der Waals surface area contributed by atoms with Crippen LogP contribution >= 0.6 is 0 Å². The van der Waals surface area contributed by atoms with Crippen molar-refractivity contribution in [1.29, 1.82) is 0 Å². The summed E-state index contributed by atoms with van der Waals surface area (Å²) < 4.78 is 1.62. The van der Waals surface area contributed by atoms with Gasteiger partial charge in [-0.2, -0.15) is 0 Å². The molecule has 0 saturated carbocycles. The summed E-state index contributed by atoms with van der Waals surface area (Å²) in [4.78, 5) is 0. The van der Waals surface area contributed by atoms with Crippen molar-refractivity contribution in [3.63, 3.8) is 0 Å². The largest absolute Gasteiger partial charge is 0.493 e. The Bertz CT molecular complexity index is 1390. The van der Waals surface area contributed by atoms with Gasteiger partial charge in [-0.15, -0.1) is 0 Å². The predicted octanol–water partition coefficient (Wildman–Crippen LogP) is 18.9. The van der Waals surface area contributed by atoms with Crippen molar-refractivity contribution in [3.05, 3.63) is 87.5 Å². The lowest BCUT2D eigenvalue weighted by Crippen LogP contribution is -2.03. The van der Waals surface area contributed by atoms with Gasteiger partial charge in [0.25, 0.3) is 0 Å². The molecule has 2 nitrogen and oxygen atoms in total. The van der Waals surface area contributed by atoms with Crippen LogP contribution in [0.25, 0.3) is 16.9 Å². The molecule has 57 heavy (non-hydrogen) atoms. The maximum absolute atomic E-state index is 12.3. The van der Waals surface area contributed by atoms with Crippen LogP contribution in [0.15, 0.2) is 59.7 Å². The van der Waals surface area contributed by atoms with E-state index in [0.717, 1.165) is 37.1 Å². The SMILES string of the molecule is CCCCCCCCCCCCCCCCCCCCCc1cccc(C2=C(CCCCCCCC)C(CCCCC)=C(c3cccc(CCCCC)c3)[N+]2=[N-])c1. The van der Waals surface area contributed by atoms with Crippen LogP contribution in [0.5, 0.6) is 0 Å². The molecule has 0 bridgehead atoms. The molecule has 0 amide bonds. The summed E-state index contributed by atoms with van der Waals surface area (Å²) in [6, 6.07) is 18.3. The normalized spacial score (nSPS) is 13.2. The highest BCUT2D eigenvalue weighted by Crippen LogP contribution is 2.45. The molecule has 0 saturated heterocycles. The molecule has 1 aliphatic rings. The van der Waals surface area contributed by atoms with Crippen molar-refractivity contribution in [2.24, 2.45) is 0 Å². The van der Waals surface area contributed by atoms with Crippen LogP contribution in [0.4, 0.5) is 0 Å². The summed E-state index contributed by atoms with van der Waals surface area (Å²) in [5.74, 6) is 0. The van der Waals surface area contributed by atoms with Crippen LogP contribution in [0.3, 0.4) is 0 Å². The summed E-state index contributed by atoms with van der Waals surface area (Å²) in [7, 11) is 0. The highest BCUT2D eigenvalue weighted by Gasteiger charge is 2.35. The average Bonchev–Trinajstić information content (AvgIpc) is 3.50. The van der Waals surface area contributed by atoms with E-state index in [1.54, 1.807) is 4.70 Å². The van der Waals surface area contributed by atoms with Gasteiger partial charge in [0.05, 0.1) is 0 Å². The monoisotopic (exact) mass is 779 g/mol. The lowest BCUT2D eigenvalue weighted by atomic mass is 9.90. The molecule has 0 N–H and O–H groups in total. The molecular formula is C55H90N2. The maximum Gasteiger partial charge on any atom is 0.211 e. The number of nitrogens with zero attached hydrogens (tertiary/aromatic N) is 2. The number of hydrogen-bond donors (Lipinski definition) is 0. The van der Waals surface area contributed by atoms with E-state index in [1.807, 2.05) is 0 Å². The topological polar surface area (TPSA) is 25.3 Å². The highest BCUT2D eigenvalue weighted by atomic mass is 15.2. The van der Waals surface area contributed by atoms with Gasteiger partial charge in [-0.05, 0) is 86.8 Å². The van der Waals surface area contributed by atoms with Gasteiger partial charge >= 0.3 is 0 Å². The Hall–Kier alpha value is -2.48. The third-order valence-corrected chi connectivity index (χ3v) is 12.7. The van der Waals surface area contributed by atoms with Gasteiger partial charge in [-0.3, -0.25) is 0 Å². The first-order chi connectivity index (χ1) is 28.1. The van der Waals surface area contributed by atoms with Crippen molar-refractivity contribution in [2.45, 2.75) is 252 Å². The molecule has 2 aromatic carbocycles. The molecular weight excluding hydrogens is 689 g/mol. The summed E-state index contributed by atoms with van der Waals surface area (Å²) in [6.45, 7) is 9.19. The van der Waals surface area contributed by atoms with Crippen LogP contribution in [-0.2, 0) is 12.8 Å². The number of benzene rings is 2. The van der Waals surface area contributed by atoms with Crippen LogP contribution in [-0.4, -0.2) is 4.70 Å². The Morgan fingerprint density at radius 2 is 0.596 bits per heavy atom. The smallest absolute Gasteiger partial charge is 0.211 e. The minimum absolute atomic E-state index is 1.04. The third-order valence-electron chi connectivity index (χ3n) is 12.7. The third kappa shape index (κ3) is 19.9. The number of allylic oxidation sites excluding steroid dienone is 2. The standard InChI is InChI=1S/C55H90N2/c1-5-9-13-15-17-18-19-20-21-22-23-24-25-26-27-28-29-30-34-39-49-41-37-43-51(47-49)55-53(45-35-31-16-14-10-6-2)52(44-33-12-8-4)54(57(55)56)50-42-36-40-48(46-50)38-32-11-7-3/h36-37,40-43,46-47H,5-35,38-39,44-45H2,1-4H3. The van der Waals surface area contributed by atoms with Crippen LogP contribution in [0.1, 0.15) is 262 Å². The Kier molecular flexibility index (Phi) is 27.8. The fraction of sp³-hybridized carbons (Fsp3) is 0.709. The van der Waals surface area contributed by atoms with E-state index in [4.69, 9.17) is 0 Å². The fourth-order valence-electron chi connectivity index (χ4n) is 9.15. The molecule has 0 fully saturated rings. The lowest BCUT2D eigenvalue weighted by molar-refractivity contribution is -0.345. The van der Waals surface area contributed by atoms with E-state index in [2.05, 4.69) is 76.2 Å². The number of rotatable bonds is 37. The highest BCUT2D eigenvalue weighted by molar-refractivity contribution is 5.82. The Morgan fingerprint density at radius 1 is 0.333 bits per heavy atom. The molecule has 0 radical (unpaired) electrons. The Balaban J connectivity index is 1.54. The average molecular weight is 779 g/mol. The minimum Gasteiger partial charge on any atom is -0.493 e. The summed E-state index contributed by atoms with van der Waals surface area (Å²) in [5.41, 5.74) is 22.3. The summed E-state index contributed by atoms with van der Waals surface area (Å²) in [6.07, 6.45) is 46.3. The molecule has 320 valence electrons. The van der Waals surface area contributed by atoms with Gasteiger partial charge in [0.1, 0.15) is 0 Å². The van der Waals surface area contributed by atoms with Crippen LogP contribution in [0.2, 0.25) is 0 Å². The first-order valence-corrected chi connectivity index (χ1v) is 25.3. The maximum atomic E-state index is 12.3. The molecule has 0 unspecified atom stereocenters. The van der Waals surface area contributed by atoms with E-state index in [0.29, 0.717) is 0 Å². The van der Waals surface area contributed by atoms with Crippen molar-refractivity contribution < 1.29 is 4.70 Å². The van der Waals surface area contributed by atoms with Crippen molar-refractivity contribution in [2.75, 3.05) is 0 Å². The summed E-state index contributed by atoms with van der Waals surface area (Å²) >= 11 is 0. The molecule has 1 heterocycles. The number of aryl methyl sites for hydroxylation is 2. The quantitative estimate of drug-likeness (QED) is 0.0482. The lowest BCUT2D eigenvalue weighted by Gasteiger charge is -2.12. The van der Waals surface area contributed by atoms with E-state index in [9.17, 15) is 5.53 Å². The van der Waals surface area contributed by atoms with Gasteiger partial charge in [-0.25, -0.2) is 4.70 Å². The second kappa shape index (κ2) is 32.4. The van der Waals surface area contributed by atoms with E-state index >= 15 is 0 Å². The van der Waals surface area contributed by atoms with Gasteiger partial charge in [0.2, 0.25) is 11.4 Å². The summed E-state index contributed by atoms with van der Waals surface area (Å²) in [5, 5.41) is 0. The molecule has 0 aromatic heterocycles. The predicted molar refractivity (Wildman–Crippen MR) is 253 cm³/mol. The molecule has 0 atom stereocenters. The van der Waals surface area contributed by atoms with Crippen LogP contribution in [0, 0.1) is 0 Å². The van der Waals surface area contributed by atoms with Gasteiger partial charge in [-0.1, -0.05) is 225 Å². The number of hydrogen-bond acceptors (Lipinski definition) is 0. The second-order valence-electron chi connectivity index (χ2n) is 17.9. The number of unbranched alkanes of at least 4 members (excludes halogenated alkanes) is 27. The zero-order valence-corrected chi connectivity index (χ0v) is 38.3. The van der Waals surface area contributed by atoms with E-state index in [1.165, 1.54) is 232 Å². The molecule has 2 heteroatoms. The second-order valence-corrected chi connectivity index (χ2v) is 17.9. The molecule has 3 rings (SSSR count). The molecule has 0 aliphatic carbocycles. The zero-order valence-electron chi connectivity index (χ0n) is 38.3. The minimum atomic E-state index is 1.04. The fourth-order valence-corrected chi connectivity index (χ4v) is 9.15. The van der Waals surface area contributed by atoms with Gasteiger partial charge in [0, 0.05) is 22.3 Å². The Morgan fingerprint density at radius 3 is 0.947 bits per heavy atom. The van der Waals surface area contributed by atoms with Crippen molar-refractivity contribution >= 4 is 11.4 Å². The van der Waals surface area contributed by atoms with Crippen molar-refractivity contribution in [3.8, 4) is 0 Å². The van der Waals surface area contributed by atoms with E-state index in [-0.39, 0.29) is 0 Å². The van der Waals surface area contributed by atoms with E-state index < -0.39 is 0 Å². The molecule has 0 spiro atoms. The molecule has 1 aliphatic heterocycles. The zero-order chi connectivity index (χ0) is 40.6. The van der Waals surface area contributed by atoms with Gasteiger partial charge < -0.3 is 5.53 Å². The van der Waals surface area contributed by atoms with Crippen molar-refractivity contribution in [1.82, 2.24) is 0 Å². The Labute approximate surface area is 354 Å². The molecule has 2 aromatic rings. The van der Waals surface area contributed by atoms with Crippen LogP contribution < -0.4 is 0 Å². The van der Waals surface area contributed by atoms with Gasteiger partial charge in [0.15, 0.2) is 0 Å².